The smallest absolute Gasteiger partial charge is 0.129 e. The molecule has 0 amide bonds. The van der Waals surface area contributed by atoms with Gasteiger partial charge in [-0.3, -0.25) is 0 Å². The van der Waals surface area contributed by atoms with Crippen LogP contribution in [0.15, 0.2) is 42.5 Å². The van der Waals surface area contributed by atoms with Gasteiger partial charge in [0.05, 0.1) is 0 Å². The molecule has 0 aliphatic carbocycles. The molecule has 0 saturated carbocycles. The van der Waals surface area contributed by atoms with Crippen LogP contribution in [0.5, 0.6) is 5.75 Å². The van der Waals surface area contributed by atoms with E-state index in [0.717, 1.165) is 16.9 Å². The maximum Gasteiger partial charge on any atom is 0.129 e. The van der Waals surface area contributed by atoms with E-state index in [4.69, 9.17) is 10.5 Å². The lowest BCUT2D eigenvalue weighted by molar-refractivity contribution is 0.295. The van der Waals surface area contributed by atoms with Crippen LogP contribution in [0, 0.1) is 12.7 Å². The molecule has 2 aromatic rings. The van der Waals surface area contributed by atoms with Crippen LogP contribution < -0.4 is 10.5 Å². The number of hydrogen-bond acceptors (Lipinski definition) is 2. The molecule has 0 spiro atoms. The molecular formula is C16H18FNO. The normalized spacial score (nSPS) is 12.2. The molecular weight excluding hydrogens is 241 g/mol. The Kier molecular flexibility index (Phi) is 4.17. The van der Waals surface area contributed by atoms with Gasteiger partial charge in [-0.2, -0.15) is 0 Å². The van der Waals surface area contributed by atoms with Crippen LogP contribution in [-0.4, -0.2) is 0 Å². The summed E-state index contributed by atoms with van der Waals surface area (Å²) in [6.45, 7) is 4.09. The van der Waals surface area contributed by atoms with Gasteiger partial charge in [0.2, 0.25) is 0 Å². The van der Waals surface area contributed by atoms with Gasteiger partial charge in [-0.25, -0.2) is 4.39 Å². The van der Waals surface area contributed by atoms with E-state index in [0.29, 0.717) is 5.56 Å². The SMILES string of the molecule is Cc1ccc(C(C)N)c(OCc2ccccc2F)c1. The first kappa shape index (κ1) is 13.6. The third-order valence-corrected chi connectivity index (χ3v) is 3.00. The molecule has 0 aliphatic rings. The molecule has 1 unspecified atom stereocenters. The zero-order valence-corrected chi connectivity index (χ0v) is 11.2. The van der Waals surface area contributed by atoms with E-state index in [-0.39, 0.29) is 18.5 Å². The molecule has 2 N–H and O–H groups in total. The molecule has 19 heavy (non-hydrogen) atoms. The summed E-state index contributed by atoms with van der Waals surface area (Å²) in [5, 5.41) is 0. The van der Waals surface area contributed by atoms with E-state index >= 15 is 0 Å². The molecule has 0 heterocycles. The fourth-order valence-electron chi connectivity index (χ4n) is 1.91. The van der Waals surface area contributed by atoms with Crippen molar-refractivity contribution in [3.8, 4) is 5.75 Å². The second-order valence-corrected chi connectivity index (χ2v) is 4.71. The molecule has 0 saturated heterocycles. The predicted octanol–water partition coefficient (Wildman–Crippen LogP) is 3.73. The highest BCUT2D eigenvalue weighted by Crippen LogP contribution is 2.26. The van der Waals surface area contributed by atoms with E-state index in [2.05, 4.69) is 0 Å². The van der Waals surface area contributed by atoms with Crippen LogP contribution in [0.2, 0.25) is 0 Å². The molecule has 2 rings (SSSR count). The maximum atomic E-state index is 13.5. The number of benzene rings is 2. The fourth-order valence-corrected chi connectivity index (χ4v) is 1.91. The van der Waals surface area contributed by atoms with Crippen molar-refractivity contribution in [2.24, 2.45) is 5.73 Å². The molecule has 1 atom stereocenters. The summed E-state index contributed by atoms with van der Waals surface area (Å²) in [4.78, 5) is 0. The number of ether oxygens (including phenoxy) is 1. The number of rotatable bonds is 4. The Labute approximate surface area is 113 Å². The zero-order chi connectivity index (χ0) is 13.8. The van der Waals surface area contributed by atoms with Crippen molar-refractivity contribution in [3.05, 3.63) is 65.0 Å². The fraction of sp³-hybridized carbons (Fsp3) is 0.250. The minimum atomic E-state index is -0.252. The highest BCUT2D eigenvalue weighted by Gasteiger charge is 2.09. The van der Waals surface area contributed by atoms with Gasteiger partial charge in [0, 0.05) is 17.2 Å². The third-order valence-electron chi connectivity index (χ3n) is 3.00. The minimum absolute atomic E-state index is 0.115. The average molecular weight is 259 g/mol. The van der Waals surface area contributed by atoms with E-state index in [1.165, 1.54) is 6.07 Å². The Morgan fingerprint density at radius 1 is 1.21 bits per heavy atom. The van der Waals surface area contributed by atoms with Crippen molar-refractivity contribution in [2.75, 3.05) is 0 Å². The molecule has 0 radical (unpaired) electrons. The second-order valence-electron chi connectivity index (χ2n) is 4.71. The molecule has 2 aromatic carbocycles. The Hall–Kier alpha value is -1.87. The summed E-state index contributed by atoms with van der Waals surface area (Å²) in [5.74, 6) is 0.468. The Bertz CT molecular complexity index is 566. The van der Waals surface area contributed by atoms with Crippen molar-refractivity contribution < 1.29 is 9.13 Å². The highest BCUT2D eigenvalue weighted by atomic mass is 19.1. The molecule has 3 heteroatoms. The minimum Gasteiger partial charge on any atom is -0.488 e. The number of nitrogens with two attached hydrogens (primary N) is 1. The van der Waals surface area contributed by atoms with Crippen molar-refractivity contribution in [3.63, 3.8) is 0 Å². The Morgan fingerprint density at radius 3 is 2.63 bits per heavy atom. The standard InChI is InChI=1S/C16H18FNO/c1-11-7-8-14(12(2)18)16(9-11)19-10-13-5-3-4-6-15(13)17/h3-9,12H,10,18H2,1-2H3. The number of aryl methyl sites for hydroxylation is 1. The molecule has 0 bridgehead atoms. The van der Waals surface area contributed by atoms with E-state index in [1.54, 1.807) is 18.2 Å². The van der Waals surface area contributed by atoms with Crippen LogP contribution >= 0.6 is 0 Å². The molecule has 0 fully saturated rings. The summed E-state index contributed by atoms with van der Waals surface area (Å²) in [7, 11) is 0. The van der Waals surface area contributed by atoms with Gasteiger partial charge in [0.25, 0.3) is 0 Å². The predicted molar refractivity (Wildman–Crippen MR) is 74.5 cm³/mol. The first-order valence-electron chi connectivity index (χ1n) is 6.30. The van der Waals surface area contributed by atoms with E-state index in [9.17, 15) is 4.39 Å². The monoisotopic (exact) mass is 259 g/mol. The first-order chi connectivity index (χ1) is 9.08. The van der Waals surface area contributed by atoms with E-state index in [1.807, 2.05) is 32.0 Å². The van der Waals surface area contributed by atoms with Crippen LogP contribution in [0.4, 0.5) is 4.39 Å². The highest BCUT2D eigenvalue weighted by molar-refractivity contribution is 5.39. The van der Waals surface area contributed by atoms with Gasteiger partial charge in [-0.1, -0.05) is 30.3 Å². The van der Waals surface area contributed by atoms with Crippen molar-refractivity contribution in [2.45, 2.75) is 26.5 Å². The van der Waals surface area contributed by atoms with Gasteiger partial charge >= 0.3 is 0 Å². The maximum absolute atomic E-state index is 13.5. The lowest BCUT2D eigenvalue weighted by Crippen LogP contribution is -2.08. The first-order valence-corrected chi connectivity index (χ1v) is 6.30. The Morgan fingerprint density at radius 2 is 1.95 bits per heavy atom. The number of hydrogen-bond donors (Lipinski definition) is 1. The molecule has 0 aliphatic heterocycles. The zero-order valence-electron chi connectivity index (χ0n) is 11.2. The summed E-state index contributed by atoms with van der Waals surface area (Å²) in [6, 6.07) is 12.4. The lowest BCUT2D eigenvalue weighted by atomic mass is 10.1. The topological polar surface area (TPSA) is 35.2 Å². The second kappa shape index (κ2) is 5.85. The molecule has 0 aromatic heterocycles. The quantitative estimate of drug-likeness (QED) is 0.908. The van der Waals surface area contributed by atoms with Gasteiger partial charge in [-0.05, 0) is 31.5 Å². The van der Waals surface area contributed by atoms with Gasteiger partial charge in [-0.15, -0.1) is 0 Å². The van der Waals surface area contributed by atoms with Crippen LogP contribution in [0.1, 0.15) is 29.7 Å². The van der Waals surface area contributed by atoms with Gasteiger partial charge in [0.1, 0.15) is 18.2 Å². The van der Waals surface area contributed by atoms with Crippen LogP contribution in [0.3, 0.4) is 0 Å². The van der Waals surface area contributed by atoms with Gasteiger partial charge in [0.15, 0.2) is 0 Å². The number of halogens is 1. The van der Waals surface area contributed by atoms with E-state index < -0.39 is 0 Å². The largest absolute Gasteiger partial charge is 0.488 e. The average Bonchev–Trinajstić information content (AvgIpc) is 2.37. The summed E-state index contributed by atoms with van der Waals surface area (Å²) < 4.78 is 19.3. The molecule has 100 valence electrons. The summed E-state index contributed by atoms with van der Waals surface area (Å²) in [5.41, 5.74) is 8.47. The summed E-state index contributed by atoms with van der Waals surface area (Å²) >= 11 is 0. The van der Waals surface area contributed by atoms with Crippen LogP contribution in [-0.2, 0) is 6.61 Å². The Balaban J connectivity index is 2.19. The van der Waals surface area contributed by atoms with Crippen LogP contribution in [0.25, 0.3) is 0 Å². The lowest BCUT2D eigenvalue weighted by Gasteiger charge is -2.15. The third kappa shape index (κ3) is 3.32. The van der Waals surface area contributed by atoms with Crippen molar-refractivity contribution in [1.82, 2.24) is 0 Å². The summed E-state index contributed by atoms with van der Waals surface area (Å²) in [6.07, 6.45) is 0. The van der Waals surface area contributed by atoms with Crippen molar-refractivity contribution >= 4 is 0 Å². The molecule has 2 nitrogen and oxygen atoms in total. The van der Waals surface area contributed by atoms with Gasteiger partial charge < -0.3 is 10.5 Å². The van der Waals surface area contributed by atoms with Crippen molar-refractivity contribution in [1.29, 1.82) is 0 Å².